The third kappa shape index (κ3) is 2.15. The number of nitrogens with zero attached hydrogens (tertiary/aromatic N) is 1. The fourth-order valence-electron chi connectivity index (χ4n) is 1.95. The Bertz CT molecular complexity index is 546. The highest BCUT2D eigenvalue weighted by Gasteiger charge is 2.14. The van der Waals surface area contributed by atoms with Crippen LogP contribution in [0.1, 0.15) is 12.5 Å². The lowest BCUT2D eigenvalue weighted by Gasteiger charge is -2.02. The van der Waals surface area contributed by atoms with Gasteiger partial charge in [-0.05, 0) is 25.0 Å². The Morgan fingerprint density at radius 3 is 2.88 bits per heavy atom. The van der Waals surface area contributed by atoms with E-state index >= 15 is 0 Å². The van der Waals surface area contributed by atoms with Gasteiger partial charge in [0, 0.05) is 17.6 Å². The van der Waals surface area contributed by atoms with Gasteiger partial charge in [0.2, 0.25) is 0 Å². The summed E-state index contributed by atoms with van der Waals surface area (Å²) in [6.07, 6.45) is 1.48. The van der Waals surface area contributed by atoms with Crippen LogP contribution in [0, 0.1) is 0 Å². The Kier molecular flexibility index (Phi) is 3.12. The summed E-state index contributed by atoms with van der Waals surface area (Å²) in [4.78, 5) is 15.1. The van der Waals surface area contributed by atoms with Crippen molar-refractivity contribution in [2.45, 2.75) is 19.4 Å². The normalized spacial score (nSPS) is 12.6. The van der Waals surface area contributed by atoms with Crippen molar-refractivity contribution in [3.05, 3.63) is 36.0 Å². The van der Waals surface area contributed by atoms with Crippen LogP contribution in [0.2, 0.25) is 0 Å². The lowest BCUT2D eigenvalue weighted by molar-refractivity contribution is -0.177. The molecule has 0 aliphatic carbocycles. The number of hydrogen-bond donors (Lipinski definition) is 2. The fourth-order valence-corrected chi connectivity index (χ4v) is 1.95. The number of hydrogen-bond acceptors (Lipinski definition) is 4. The van der Waals surface area contributed by atoms with E-state index < -0.39 is 6.09 Å². The highest BCUT2D eigenvalue weighted by molar-refractivity contribution is 5.91. The molecule has 0 unspecified atom stereocenters. The van der Waals surface area contributed by atoms with E-state index in [4.69, 9.17) is 11.0 Å². The average molecular weight is 234 g/mol. The van der Waals surface area contributed by atoms with Gasteiger partial charge in [0.1, 0.15) is 0 Å². The molecular weight excluding hydrogens is 220 g/mol. The van der Waals surface area contributed by atoms with E-state index in [1.165, 1.54) is 4.57 Å². The molecule has 0 bridgehead atoms. The van der Waals surface area contributed by atoms with Crippen LogP contribution in [0.3, 0.4) is 0 Å². The van der Waals surface area contributed by atoms with Crippen LogP contribution in [0.15, 0.2) is 30.5 Å². The summed E-state index contributed by atoms with van der Waals surface area (Å²) in [5.41, 5.74) is 7.41. The Morgan fingerprint density at radius 1 is 1.53 bits per heavy atom. The molecule has 1 aromatic carbocycles. The van der Waals surface area contributed by atoms with Gasteiger partial charge in [0.05, 0.1) is 5.52 Å². The lowest BCUT2D eigenvalue weighted by Crippen LogP contribution is -2.17. The molecule has 5 heteroatoms. The number of rotatable bonds is 2. The van der Waals surface area contributed by atoms with E-state index in [1.807, 2.05) is 25.1 Å². The van der Waals surface area contributed by atoms with Crippen LogP contribution in [-0.4, -0.2) is 22.0 Å². The average Bonchev–Trinajstić information content (AvgIpc) is 2.67. The first-order valence-electron chi connectivity index (χ1n) is 5.33. The number of carbonyl (C=O) groups is 1. The maximum Gasteiger partial charge on any atom is 0.449 e. The van der Waals surface area contributed by atoms with Gasteiger partial charge >= 0.3 is 6.09 Å². The molecule has 0 radical (unpaired) electrons. The maximum absolute atomic E-state index is 11.4. The van der Waals surface area contributed by atoms with Crippen LogP contribution in [0.25, 0.3) is 10.9 Å². The van der Waals surface area contributed by atoms with E-state index in [1.54, 1.807) is 12.3 Å². The Labute approximate surface area is 98.3 Å². The quantitative estimate of drug-likeness (QED) is 0.615. The van der Waals surface area contributed by atoms with Gasteiger partial charge in [0.15, 0.2) is 0 Å². The lowest BCUT2D eigenvalue weighted by atomic mass is 10.1. The zero-order chi connectivity index (χ0) is 12.4. The molecule has 0 aliphatic heterocycles. The van der Waals surface area contributed by atoms with Gasteiger partial charge < -0.3 is 5.73 Å². The first-order valence-corrected chi connectivity index (χ1v) is 5.33. The smallest absolute Gasteiger partial charge is 0.328 e. The van der Waals surface area contributed by atoms with Gasteiger partial charge in [-0.2, -0.15) is 5.26 Å². The molecule has 0 spiro atoms. The predicted molar refractivity (Wildman–Crippen MR) is 63.8 cm³/mol. The van der Waals surface area contributed by atoms with Crippen LogP contribution in [-0.2, 0) is 11.3 Å². The SMILES string of the molecule is C[C@@H](N)Cc1cn(C(=O)OO)c2ccccc12. The molecule has 3 N–H and O–H groups in total. The summed E-state index contributed by atoms with van der Waals surface area (Å²) in [6.45, 7) is 1.90. The molecule has 5 nitrogen and oxygen atoms in total. The van der Waals surface area contributed by atoms with E-state index in [2.05, 4.69) is 4.89 Å². The van der Waals surface area contributed by atoms with Crippen molar-refractivity contribution >= 4 is 17.0 Å². The van der Waals surface area contributed by atoms with Crippen molar-refractivity contribution < 1.29 is 14.9 Å². The standard InChI is InChI=1S/C12H14N2O3/c1-8(13)6-9-7-14(12(15)17-16)11-5-3-2-4-10(9)11/h2-5,7-8,16H,6,13H2,1H3/t8-/m1/s1. The van der Waals surface area contributed by atoms with Crippen molar-refractivity contribution in [3.8, 4) is 0 Å². The highest BCUT2D eigenvalue weighted by atomic mass is 17.1. The zero-order valence-corrected chi connectivity index (χ0v) is 9.46. The minimum Gasteiger partial charge on any atom is -0.328 e. The number of para-hydroxylation sites is 1. The summed E-state index contributed by atoms with van der Waals surface area (Å²) < 4.78 is 1.27. The van der Waals surface area contributed by atoms with Crippen LogP contribution < -0.4 is 5.73 Å². The molecular formula is C12H14N2O3. The van der Waals surface area contributed by atoms with Crippen molar-refractivity contribution in [3.63, 3.8) is 0 Å². The van der Waals surface area contributed by atoms with E-state index in [0.717, 1.165) is 10.9 Å². The van der Waals surface area contributed by atoms with Crippen molar-refractivity contribution in [1.29, 1.82) is 0 Å². The van der Waals surface area contributed by atoms with E-state index in [-0.39, 0.29) is 6.04 Å². The Balaban J connectivity index is 2.58. The predicted octanol–water partition coefficient (Wildman–Crippen LogP) is 1.99. The summed E-state index contributed by atoms with van der Waals surface area (Å²) in [7, 11) is 0. The number of carbonyl (C=O) groups excluding carboxylic acids is 1. The molecule has 90 valence electrons. The van der Waals surface area contributed by atoms with Gasteiger partial charge in [-0.25, -0.2) is 4.79 Å². The van der Waals surface area contributed by atoms with E-state index in [0.29, 0.717) is 11.9 Å². The summed E-state index contributed by atoms with van der Waals surface area (Å²) >= 11 is 0. The molecule has 2 aromatic rings. The second-order valence-electron chi connectivity index (χ2n) is 4.08. The van der Waals surface area contributed by atoms with Gasteiger partial charge in [0.25, 0.3) is 0 Å². The fraction of sp³-hybridized carbons (Fsp3) is 0.250. The minimum atomic E-state index is -0.822. The summed E-state index contributed by atoms with van der Waals surface area (Å²) in [5.74, 6) is 0. The zero-order valence-electron chi connectivity index (χ0n) is 9.46. The Morgan fingerprint density at radius 2 is 2.24 bits per heavy atom. The monoisotopic (exact) mass is 234 g/mol. The molecule has 1 aromatic heterocycles. The van der Waals surface area contributed by atoms with Crippen LogP contribution in [0.4, 0.5) is 4.79 Å². The first kappa shape index (κ1) is 11.6. The molecule has 1 heterocycles. The van der Waals surface area contributed by atoms with Gasteiger partial charge in [-0.1, -0.05) is 18.2 Å². The van der Waals surface area contributed by atoms with Gasteiger partial charge in [-0.15, -0.1) is 0 Å². The summed E-state index contributed by atoms with van der Waals surface area (Å²) in [6, 6.07) is 7.41. The van der Waals surface area contributed by atoms with Crippen molar-refractivity contribution in [1.82, 2.24) is 4.57 Å². The summed E-state index contributed by atoms with van der Waals surface area (Å²) in [5, 5.41) is 9.38. The van der Waals surface area contributed by atoms with Crippen LogP contribution in [0.5, 0.6) is 0 Å². The minimum absolute atomic E-state index is 0.000553. The number of benzene rings is 1. The van der Waals surface area contributed by atoms with Gasteiger partial charge in [-0.3, -0.25) is 9.45 Å². The Hall–Kier alpha value is -1.85. The topological polar surface area (TPSA) is 77.5 Å². The molecule has 0 saturated heterocycles. The molecule has 0 aliphatic rings. The number of aromatic nitrogens is 1. The van der Waals surface area contributed by atoms with E-state index in [9.17, 15) is 4.79 Å². The number of fused-ring (bicyclic) bond motifs is 1. The molecule has 0 amide bonds. The largest absolute Gasteiger partial charge is 0.449 e. The number of nitrogens with two attached hydrogens (primary N) is 1. The third-order valence-electron chi connectivity index (χ3n) is 2.61. The second-order valence-corrected chi connectivity index (χ2v) is 4.08. The molecule has 0 fully saturated rings. The molecule has 0 saturated carbocycles. The van der Waals surface area contributed by atoms with Crippen molar-refractivity contribution in [2.24, 2.45) is 5.73 Å². The molecule has 1 atom stereocenters. The second kappa shape index (κ2) is 4.57. The van der Waals surface area contributed by atoms with Crippen molar-refractivity contribution in [2.75, 3.05) is 0 Å². The first-order chi connectivity index (χ1) is 8.13. The molecule has 2 rings (SSSR count). The van der Waals surface area contributed by atoms with Crippen LogP contribution >= 0.6 is 0 Å². The molecule has 17 heavy (non-hydrogen) atoms. The third-order valence-corrected chi connectivity index (χ3v) is 2.61. The maximum atomic E-state index is 11.4. The highest BCUT2D eigenvalue weighted by Crippen LogP contribution is 2.22.